The average molecular weight is 421 g/mol. The highest BCUT2D eigenvalue weighted by molar-refractivity contribution is 5.90. The van der Waals surface area contributed by atoms with Crippen LogP contribution in [0, 0.1) is 29.6 Å². The van der Waals surface area contributed by atoms with Crippen molar-refractivity contribution >= 4 is 23.5 Å². The molecule has 0 aliphatic carbocycles. The minimum Gasteiger partial charge on any atom is -0.356 e. The predicted molar refractivity (Wildman–Crippen MR) is 115 cm³/mol. The monoisotopic (exact) mass is 420 g/mol. The largest absolute Gasteiger partial charge is 0.356 e. The molecule has 1 heterocycles. The minimum atomic E-state index is -0.612. The molecule has 0 fully saturated rings. The lowest BCUT2D eigenvalue weighted by Gasteiger charge is -2.29. The fourth-order valence-electron chi connectivity index (χ4n) is 3.57. The number of pyridine rings is 1. The molecule has 3 amide bonds. The lowest BCUT2D eigenvalue weighted by atomic mass is 9.78. The molecular weight excluding hydrogens is 384 g/mol. The quantitative estimate of drug-likeness (QED) is 0.306. The molecule has 1 aromatic rings. The summed E-state index contributed by atoms with van der Waals surface area (Å²) in [6.45, 7) is 10.1. The third kappa shape index (κ3) is 8.90. The van der Waals surface area contributed by atoms with Crippen LogP contribution >= 0.6 is 0 Å². The maximum atomic E-state index is 12.8. The molecule has 0 saturated heterocycles. The van der Waals surface area contributed by atoms with Crippen molar-refractivity contribution in [2.75, 3.05) is 11.9 Å². The molecule has 0 aromatic carbocycles. The van der Waals surface area contributed by atoms with Gasteiger partial charge in [0.05, 0.1) is 11.8 Å². The fraction of sp³-hybridized carbons (Fsp3) is 0.636. The van der Waals surface area contributed by atoms with Crippen molar-refractivity contribution in [2.45, 2.75) is 53.9 Å². The molecule has 168 valence electrons. The summed E-state index contributed by atoms with van der Waals surface area (Å²) in [5.41, 5.74) is 1.70. The van der Waals surface area contributed by atoms with Crippen LogP contribution in [0.1, 0.15) is 53.9 Å². The smallest absolute Gasteiger partial charge is 0.247 e. The summed E-state index contributed by atoms with van der Waals surface area (Å²) in [6, 6.07) is 5.31. The molecule has 30 heavy (non-hydrogen) atoms. The first-order chi connectivity index (χ1) is 14.1. The Hall–Kier alpha value is -2.48. The van der Waals surface area contributed by atoms with Crippen molar-refractivity contribution in [3.63, 3.8) is 0 Å². The summed E-state index contributed by atoms with van der Waals surface area (Å²) < 4.78 is 0. The molecule has 0 saturated carbocycles. The van der Waals surface area contributed by atoms with Crippen LogP contribution in [0.2, 0.25) is 0 Å². The molecule has 4 N–H and O–H groups in total. The van der Waals surface area contributed by atoms with Crippen molar-refractivity contribution < 1.29 is 19.6 Å². The first kappa shape index (κ1) is 25.6. The molecule has 0 aliphatic heterocycles. The molecule has 0 radical (unpaired) electrons. The van der Waals surface area contributed by atoms with Crippen LogP contribution in [0.3, 0.4) is 0 Å². The van der Waals surface area contributed by atoms with Crippen LogP contribution in [-0.2, 0) is 14.4 Å². The zero-order valence-corrected chi connectivity index (χ0v) is 18.6. The molecule has 8 nitrogen and oxygen atoms in total. The Kier molecular flexibility index (Phi) is 11.0. The van der Waals surface area contributed by atoms with E-state index in [9.17, 15) is 14.4 Å². The minimum absolute atomic E-state index is 0.0687. The highest BCUT2D eigenvalue weighted by atomic mass is 16.5. The number of hydrogen-bond donors (Lipinski definition) is 4. The molecular formula is C22H36N4O4. The Morgan fingerprint density at radius 2 is 1.77 bits per heavy atom. The topological polar surface area (TPSA) is 120 Å². The van der Waals surface area contributed by atoms with Crippen LogP contribution < -0.4 is 16.1 Å². The normalized spacial score (nSPS) is 14.1. The van der Waals surface area contributed by atoms with E-state index < -0.39 is 17.7 Å². The van der Waals surface area contributed by atoms with Gasteiger partial charge in [0.25, 0.3) is 0 Å². The average Bonchev–Trinajstić information content (AvgIpc) is 2.67. The van der Waals surface area contributed by atoms with Crippen molar-refractivity contribution in [1.82, 2.24) is 15.8 Å². The van der Waals surface area contributed by atoms with Gasteiger partial charge in [-0.1, -0.05) is 40.7 Å². The van der Waals surface area contributed by atoms with E-state index in [1.807, 2.05) is 34.6 Å². The molecule has 3 atom stereocenters. The Labute approximate surface area is 179 Å². The van der Waals surface area contributed by atoms with Crippen molar-refractivity contribution in [3.05, 3.63) is 24.4 Å². The van der Waals surface area contributed by atoms with E-state index in [1.165, 1.54) is 0 Å². The van der Waals surface area contributed by atoms with Gasteiger partial charge < -0.3 is 10.6 Å². The SMILES string of the molecule is CC(C)CC(C(=O)NCCC(C)CC(=O)Nc1ccccn1)C(C(=O)NO)C(C)C. The van der Waals surface area contributed by atoms with Gasteiger partial charge in [-0.3, -0.25) is 19.6 Å². The first-order valence-electron chi connectivity index (χ1n) is 10.6. The van der Waals surface area contributed by atoms with Gasteiger partial charge >= 0.3 is 0 Å². The fourth-order valence-corrected chi connectivity index (χ4v) is 3.57. The Balaban J connectivity index is 2.57. The van der Waals surface area contributed by atoms with Gasteiger partial charge in [0.2, 0.25) is 17.7 Å². The van der Waals surface area contributed by atoms with Crippen molar-refractivity contribution in [2.24, 2.45) is 29.6 Å². The Morgan fingerprint density at radius 3 is 2.30 bits per heavy atom. The number of anilines is 1. The molecule has 1 rings (SSSR count). The maximum Gasteiger partial charge on any atom is 0.247 e. The number of nitrogens with zero attached hydrogens (tertiary/aromatic N) is 1. The number of aromatic nitrogens is 1. The number of amides is 3. The number of hydroxylamine groups is 1. The van der Waals surface area contributed by atoms with Gasteiger partial charge in [-0.2, -0.15) is 0 Å². The van der Waals surface area contributed by atoms with E-state index >= 15 is 0 Å². The summed E-state index contributed by atoms with van der Waals surface area (Å²) in [4.78, 5) is 41.2. The summed E-state index contributed by atoms with van der Waals surface area (Å²) in [6.07, 6.45) is 3.12. The number of carbonyl (C=O) groups excluding carboxylic acids is 3. The second-order valence-corrected chi connectivity index (χ2v) is 8.63. The summed E-state index contributed by atoms with van der Waals surface area (Å²) in [5, 5.41) is 14.7. The van der Waals surface area contributed by atoms with E-state index in [-0.39, 0.29) is 29.6 Å². The Bertz CT molecular complexity index is 679. The number of nitrogens with one attached hydrogen (secondary N) is 3. The third-order valence-corrected chi connectivity index (χ3v) is 5.03. The van der Waals surface area contributed by atoms with E-state index in [0.29, 0.717) is 31.6 Å². The summed E-state index contributed by atoms with van der Waals surface area (Å²) in [5.74, 6) is -1.28. The zero-order chi connectivity index (χ0) is 22.7. The van der Waals surface area contributed by atoms with Crippen LogP contribution in [0.25, 0.3) is 0 Å². The standard InChI is InChI=1S/C22H36N4O4/c1-14(2)12-17(20(15(3)4)22(29)26-30)21(28)24-11-9-16(5)13-19(27)25-18-8-6-7-10-23-18/h6-8,10,14-17,20,30H,9,11-13H2,1-5H3,(H,24,28)(H,26,29)(H,23,25,27). The second kappa shape index (κ2) is 13.0. The third-order valence-electron chi connectivity index (χ3n) is 5.03. The first-order valence-corrected chi connectivity index (χ1v) is 10.6. The van der Waals surface area contributed by atoms with Gasteiger partial charge in [0.1, 0.15) is 5.82 Å². The Morgan fingerprint density at radius 1 is 1.07 bits per heavy atom. The van der Waals surface area contributed by atoms with E-state index in [4.69, 9.17) is 5.21 Å². The molecule has 3 unspecified atom stereocenters. The molecule has 8 heteroatoms. The van der Waals surface area contributed by atoms with Gasteiger partial charge in [-0.05, 0) is 42.7 Å². The molecule has 1 aromatic heterocycles. The molecule has 0 spiro atoms. The van der Waals surface area contributed by atoms with Crippen LogP contribution in [-0.4, -0.2) is 34.5 Å². The van der Waals surface area contributed by atoms with E-state index in [0.717, 1.165) is 0 Å². The van der Waals surface area contributed by atoms with E-state index in [1.54, 1.807) is 29.9 Å². The van der Waals surface area contributed by atoms with Crippen molar-refractivity contribution in [3.8, 4) is 0 Å². The predicted octanol–water partition coefficient (Wildman–Crippen LogP) is 2.99. The van der Waals surface area contributed by atoms with Crippen LogP contribution in [0.4, 0.5) is 5.82 Å². The highest BCUT2D eigenvalue weighted by Gasteiger charge is 2.36. The van der Waals surface area contributed by atoms with Crippen molar-refractivity contribution in [1.29, 1.82) is 0 Å². The van der Waals surface area contributed by atoms with Gasteiger partial charge in [0, 0.05) is 19.2 Å². The van der Waals surface area contributed by atoms with E-state index in [2.05, 4.69) is 15.6 Å². The van der Waals surface area contributed by atoms with Crippen LogP contribution in [0.5, 0.6) is 0 Å². The summed E-state index contributed by atoms with van der Waals surface area (Å²) in [7, 11) is 0. The highest BCUT2D eigenvalue weighted by Crippen LogP contribution is 2.27. The maximum absolute atomic E-state index is 12.8. The number of rotatable bonds is 12. The second-order valence-electron chi connectivity index (χ2n) is 8.63. The van der Waals surface area contributed by atoms with Gasteiger partial charge in [-0.25, -0.2) is 10.5 Å². The number of hydrogen-bond acceptors (Lipinski definition) is 5. The molecule has 0 aliphatic rings. The summed E-state index contributed by atoms with van der Waals surface area (Å²) >= 11 is 0. The number of carbonyl (C=O) groups is 3. The van der Waals surface area contributed by atoms with Crippen LogP contribution in [0.15, 0.2) is 24.4 Å². The van der Waals surface area contributed by atoms with Gasteiger partial charge in [0.15, 0.2) is 0 Å². The lowest BCUT2D eigenvalue weighted by Crippen LogP contribution is -2.44. The zero-order valence-electron chi connectivity index (χ0n) is 18.6. The lowest BCUT2D eigenvalue weighted by molar-refractivity contribution is -0.142. The molecule has 0 bridgehead atoms. The van der Waals surface area contributed by atoms with Gasteiger partial charge in [-0.15, -0.1) is 0 Å².